The predicted octanol–water partition coefficient (Wildman–Crippen LogP) is -5.72. The van der Waals surface area contributed by atoms with Crippen LogP contribution >= 0.6 is 0 Å². The third-order valence-electron chi connectivity index (χ3n) is 3.26. The Morgan fingerprint density at radius 1 is 0.483 bits per heavy atom. The Balaban J connectivity index is -0.000000338. The van der Waals surface area contributed by atoms with Gasteiger partial charge in [-0.3, -0.25) is 38.7 Å². The van der Waals surface area contributed by atoms with Crippen molar-refractivity contribution >= 4 is 52.9 Å². The van der Waals surface area contributed by atoms with Gasteiger partial charge in [0.15, 0.2) is 0 Å². The summed E-state index contributed by atoms with van der Waals surface area (Å²) in [4.78, 5) is 57.6. The van der Waals surface area contributed by atoms with Gasteiger partial charge in [-0.2, -0.15) is 0 Å². The standard InChI is InChI=1S/C14H23N3O10.Mg.Na.3H/c18-10(19)5-15(1-3-16(6-11(20)21)7-12(22)23)2-4-17(8-13(24)25)9-14(26)27;;;;;/h1-9H2,(H,18,19)(H,20,21)(H,22,23)(H,24,25)(H,26,27);;;;;/q;+2;+1;3*-1. The fourth-order valence-corrected chi connectivity index (χ4v) is 2.22. The molecule has 5 N–H and O–H groups in total. The summed E-state index contributed by atoms with van der Waals surface area (Å²) < 4.78 is 0. The van der Waals surface area contributed by atoms with Crippen LogP contribution in [0.1, 0.15) is 4.28 Å². The van der Waals surface area contributed by atoms with Crippen LogP contribution in [0.25, 0.3) is 0 Å². The van der Waals surface area contributed by atoms with Crippen LogP contribution in [0.15, 0.2) is 0 Å². The first-order chi connectivity index (χ1) is 12.5. The predicted molar refractivity (Wildman–Crippen MR) is 96.6 cm³/mol. The molecular weight excluding hydrogens is 417 g/mol. The average molecular weight is 444 g/mol. The number of hydrogen-bond donors (Lipinski definition) is 5. The van der Waals surface area contributed by atoms with Crippen LogP contribution in [0, 0.1) is 0 Å². The first-order valence-electron chi connectivity index (χ1n) is 7.75. The van der Waals surface area contributed by atoms with E-state index in [1.165, 1.54) is 4.90 Å². The number of carbonyl (C=O) groups is 5. The van der Waals surface area contributed by atoms with Gasteiger partial charge in [-0.25, -0.2) is 0 Å². The molecule has 0 aliphatic carbocycles. The molecule has 0 rings (SSSR count). The molecule has 0 saturated heterocycles. The van der Waals surface area contributed by atoms with E-state index in [4.69, 9.17) is 25.5 Å². The molecule has 0 atom stereocenters. The van der Waals surface area contributed by atoms with Gasteiger partial charge in [-0.05, 0) is 0 Å². The molecule has 0 heterocycles. The Labute approximate surface area is 209 Å². The van der Waals surface area contributed by atoms with E-state index in [0.29, 0.717) is 0 Å². The van der Waals surface area contributed by atoms with Gasteiger partial charge < -0.3 is 29.8 Å². The summed E-state index contributed by atoms with van der Waals surface area (Å²) in [6.45, 7) is -2.74. The minimum Gasteiger partial charge on any atom is -1.00 e. The third kappa shape index (κ3) is 20.1. The summed E-state index contributed by atoms with van der Waals surface area (Å²) >= 11 is 0. The van der Waals surface area contributed by atoms with Crippen molar-refractivity contribution in [2.24, 2.45) is 0 Å². The first kappa shape index (κ1) is 32.7. The van der Waals surface area contributed by atoms with Crippen LogP contribution in [0.5, 0.6) is 0 Å². The molecule has 0 bridgehead atoms. The molecule has 0 spiro atoms. The van der Waals surface area contributed by atoms with Crippen LogP contribution in [0.3, 0.4) is 0 Å². The fourth-order valence-electron chi connectivity index (χ4n) is 2.22. The van der Waals surface area contributed by atoms with E-state index in [1.54, 1.807) is 0 Å². The van der Waals surface area contributed by atoms with Crippen molar-refractivity contribution < 1.29 is 83.3 Å². The maximum Gasteiger partial charge on any atom is 2.00 e. The van der Waals surface area contributed by atoms with Gasteiger partial charge in [0.1, 0.15) is 0 Å². The number of aliphatic carboxylic acids is 5. The normalized spacial score (nSPS) is 10.3. The van der Waals surface area contributed by atoms with Crippen LogP contribution in [0.4, 0.5) is 0 Å². The molecule has 0 radical (unpaired) electrons. The zero-order valence-electron chi connectivity index (χ0n) is 19.2. The third-order valence-corrected chi connectivity index (χ3v) is 3.26. The van der Waals surface area contributed by atoms with Crippen molar-refractivity contribution in [3.8, 4) is 0 Å². The smallest absolute Gasteiger partial charge is 1.00 e. The van der Waals surface area contributed by atoms with Crippen molar-refractivity contribution in [1.82, 2.24) is 14.7 Å². The number of hydrogen-bond acceptors (Lipinski definition) is 8. The van der Waals surface area contributed by atoms with Crippen LogP contribution in [-0.2, 0) is 24.0 Å². The van der Waals surface area contributed by atoms with E-state index in [0.717, 1.165) is 9.80 Å². The van der Waals surface area contributed by atoms with E-state index >= 15 is 0 Å². The molecule has 160 valence electrons. The van der Waals surface area contributed by atoms with E-state index in [2.05, 4.69) is 0 Å². The zero-order chi connectivity index (χ0) is 21.0. The molecule has 0 amide bonds. The summed E-state index contributed by atoms with van der Waals surface area (Å²) in [5.74, 6) is -6.16. The number of carboxylic acids is 5. The van der Waals surface area contributed by atoms with Gasteiger partial charge >= 0.3 is 82.5 Å². The van der Waals surface area contributed by atoms with Crippen molar-refractivity contribution in [3.63, 3.8) is 0 Å². The van der Waals surface area contributed by atoms with Gasteiger partial charge in [0, 0.05) is 26.2 Å². The van der Waals surface area contributed by atoms with Crippen molar-refractivity contribution in [1.29, 1.82) is 0 Å². The number of carboxylic acid groups (broad SMARTS) is 5. The Hall–Kier alpha value is -1.00. The molecule has 0 aliphatic heterocycles. The monoisotopic (exact) mass is 443 g/mol. The van der Waals surface area contributed by atoms with Gasteiger partial charge in [0.05, 0.1) is 32.7 Å². The Kier molecular flexibility index (Phi) is 20.1. The molecule has 0 aromatic carbocycles. The second-order valence-corrected chi connectivity index (χ2v) is 5.67. The molecule has 15 heteroatoms. The molecule has 0 saturated carbocycles. The molecule has 13 nitrogen and oxygen atoms in total. The fraction of sp³-hybridized carbons (Fsp3) is 0.643. The molecule has 0 unspecified atom stereocenters. The number of rotatable bonds is 16. The molecule has 0 fully saturated rings. The van der Waals surface area contributed by atoms with Crippen LogP contribution in [-0.4, -0.2) is 152 Å². The quantitative estimate of drug-likeness (QED) is 0.142. The first-order valence-corrected chi connectivity index (χ1v) is 7.75. The second kappa shape index (κ2) is 17.8. The SMILES string of the molecule is O=C(O)CN(CCN(CC(=O)O)CC(=O)O)CCN(CC(=O)O)CC(=O)O.[H-].[H-].[H-].[Mg+2].[Na+]. The Morgan fingerprint density at radius 2 is 0.655 bits per heavy atom. The molecular formula is C14H26MgN3NaO10. The van der Waals surface area contributed by atoms with Gasteiger partial charge in [-0.15, -0.1) is 0 Å². The Bertz CT molecular complexity index is 508. The molecule has 0 aromatic rings. The maximum absolute atomic E-state index is 11.0. The largest absolute Gasteiger partial charge is 2.00 e. The maximum atomic E-state index is 11.0. The minimum absolute atomic E-state index is 0. The van der Waals surface area contributed by atoms with E-state index in [-0.39, 0.29) is 83.1 Å². The summed E-state index contributed by atoms with van der Waals surface area (Å²) in [6.07, 6.45) is 0. The zero-order valence-corrected chi connectivity index (χ0v) is 19.6. The summed E-state index contributed by atoms with van der Waals surface area (Å²) in [5, 5.41) is 44.1. The molecule has 29 heavy (non-hydrogen) atoms. The average Bonchev–Trinajstić information content (AvgIpc) is 2.46. The molecule has 0 aliphatic rings. The number of nitrogens with zero attached hydrogens (tertiary/aromatic N) is 3. The van der Waals surface area contributed by atoms with Crippen LogP contribution in [0.2, 0.25) is 0 Å². The second-order valence-electron chi connectivity index (χ2n) is 5.67. The van der Waals surface area contributed by atoms with E-state index in [1.807, 2.05) is 0 Å². The topological polar surface area (TPSA) is 196 Å². The van der Waals surface area contributed by atoms with E-state index in [9.17, 15) is 24.0 Å². The van der Waals surface area contributed by atoms with Gasteiger partial charge in [0.2, 0.25) is 0 Å². The summed E-state index contributed by atoms with van der Waals surface area (Å²) in [7, 11) is 0. The molecule has 0 aromatic heterocycles. The summed E-state index contributed by atoms with van der Waals surface area (Å²) in [6, 6.07) is 0. The van der Waals surface area contributed by atoms with E-state index < -0.39 is 62.6 Å². The van der Waals surface area contributed by atoms with Crippen molar-refractivity contribution in [2.45, 2.75) is 0 Å². The summed E-state index contributed by atoms with van der Waals surface area (Å²) in [5.41, 5.74) is 0. The van der Waals surface area contributed by atoms with Crippen molar-refractivity contribution in [2.75, 3.05) is 58.9 Å². The Morgan fingerprint density at radius 3 is 0.862 bits per heavy atom. The van der Waals surface area contributed by atoms with Crippen molar-refractivity contribution in [3.05, 3.63) is 0 Å². The van der Waals surface area contributed by atoms with Gasteiger partial charge in [-0.1, -0.05) is 0 Å². The minimum atomic E-state index is -1.24. The van der Waals surface area contributed by atoms with Crippen LogP contribution < -0.4 is 29.6 Å². The van der Waals surface area contributed by atoms with Gasteiger partial charge in [0.25, 0.3) is 0 Å².